The van der Waals surface area contributed by atoms with E-state index in [9.17, 15) is 0 Å². The highest BCUT2D eigenvalue weighted by Crippen LogP contribution is 2.43. The van der Waals surface area contributed by atoms with Gasteiger partial charge in [-0.05, 0) is 274 Å². The second-order valence-electron chi connectivity index (χ2n) is 34.3. The zero-order valence-corrected chi connectivity index (χ0v) is 80.1. The number of ether oxygens (including phenoxy) is 5. The van der Waals surface area contributed by atoms with Gasteiger partial charge < -0.3 is 62.4 Å². The van der Waals surface area contributed by atoms with Crippen LogP contribution in [0.3, 0.4) is 0 Å². The van der Waals surface area contributed by atoms with Crippen LogP contribution in [0.5, 0.6) is 28.7 Å². The molecule has 2 aliphatic heterocycles. The first-order valence-electron chi connectivity index (χ1n) is 46.9. The molecule has 17 aromatic rings. The Labute approximate surface area is 781 Å². The summed E-state index contributed by atoms with van der Waals surface area (Å²) in [6.45, 7) is 47.0. The van der Waals surface area contributed by atoms with E-state index in [0.29, 0.717) is 52.0 Å². The summed E-state index contributed by atoms with van der Waals surface area (Å²) in [6.07, 6.45) is 7.26. The fourth-order valence-corrected chi connectivity index (χ4v) is 19.8. The zero-order chi connectivity index (χ0) is 92.9. The van der Waals surface area contributed by atoms with Crippen molar-refractivity contribution in [2.75, 3.05) is 92.7 Å². The van der Waals surface area contributed by atoms with Crippen molar-refractivity contribution in [3.05, 3.63) is 309 Å². The maximum absolute atomic E-state index is 5.77. The predicted molar refractivity (Wildman–Crippen MR) is 540 cm³/mol. The first-order valence-corrected chi connectivity index (χ1v) is 46.9. The number of anilines is 4. The summed E-state index contributed by atoms with van der Waals surface area (Å²) in [5.74, 6) is 8.64. The van der Waals surface area contributed by atoms with Crippen molar-refractivity contribution in [2.45, 2.75) is 163 Å². The molecule has 19 rings (SSSR count). The Balaban J connectivity index is 0.000000129. The van der Waals surface area contributed by atoms with E-state index < -0.39 is 0 Å². The highest BCUT2D eigenvalue weighted by atomic mass is 16.5. The summed E-state index contributed by atoms with van der Waals surface area (Å²) in [6, 6.07) is 71.2. The Hall–Kier alpha value is -14.2. The number of hydrogen-bond acceptors (Lipinski definition) is 19. The zero-order valence-electron chi connectivity index (χ0n) is 80.1. The molecule has 0 radical (unpaired) electrons. The van der Waals surface area contributed by atoms with Gasteiger partial charge in [0.2, 0.25) is 0 Å². The average Bonchev–Trinajstić information content (AvgIpc) is 1.61. The lowest BCUT2D eigenvalue weighted by atomic mass is 9.92. The standard InChI is InChI=1S/C29H34N4O.C28H33N5O.C27H27N5O.C26H30N4O2/c1-5-34-26-15-13-25(14-16-26)33-21(3)27-20(2)30-31-29(28(27)22(33)4)32-18-9-12-24(17-19-32)23-10-7-6-8-11-23;1-5-34-25-13-11-24(12-14-25)33-21(3)26-20(2)29-30-28(27(26)22(33)4)32-17-15-31(16-18-32)19-23-9-7-6-8-10-23;1-5-33-23-11-9-22(10-12-23)32-18(3)25-17(2)30-31-27(26(25)19(32)4)29-15-21-8-6-7-20-13-14-28-16-24(20)21;1-6-31-22-14-12-21(13-15-22)30-18(4)24-17(3)28-29-26(25(24)19(30)5)27-16-20-10-8-9-11-23(20)32-7-2/h6-8,10-11,13-16,24H,5,9,12,17-19H2,1-4H3;6-14H,5,15-19H2,1-4H3;6-14,16H,5,15H2,1-4H3,(H,29,31);8-15H,6-7,16H2,1-5H3,(H,27,29). The summed E-state index contributed by atoms with van der Waals surface area (Å²) in [5, 5.41) is 55.4. The molecule has 0 aliphatic carbocycles. The summed E-state index contributed by atoms with van der Waals surface area (Å²) < 4.78 is 37.5. The van der Waals surface area contributed by atoms with Gasteiger partial charge in [0, 0.05) is 194 Å². The fraction of sp³-hybridized carbons (Fsp3) is 0.318. The quantitative estimate of drug-likeness (QED) is 0.0544. The number of nitrogens with zero attached hydrogens (tertiary/aromatic N) is 16. The molecule has 23 nitrogen and oxygen atoms in total. The lowest BCUT2D eigenvalue weighted by Gasteiger charge is -2.35. The van der Waals surface area contributed by atoms with Crippen LogP contribution >= 0.6 is 0 Å². The van der Waals surface area contributed by atoms with Crippen LogP contribution in [-0.2, 0) is 19.6 Å². The van der Waals surface area contributed by atoms with Gasteiger partial charge in [0.05, 0.1) is 55.8 Å². The maximum Gasteiger partial charge on any atom is 0.161 e. The first kappa shape index (κ1) is 92.1. The van der Waals surface area contributed by atoms with E-state index >= 15 is 0 Å². The van der Waals surface area contributed by atoms with Gasteiger partial charge >= 0.3 is 0 Å². The second kappa shape index (κ2) is 41.9. The predicted octanol–water partition coefficient (Wildman–Crippen LogP) is 23.2. The molecule has 2 saturated heterocycles. The molecule has 2 N–H and O–H groups in total. The van der Waals surface area contributed by atoms with Crippen LogP contribution in [0.2, 0.25) is 0 Å². The minimum atomic E-state index is 0.607. The Morgan fingerprint density at radius 2 is 0.699 bits per heavy atom. The van der Waals surface area contributed by atoms with Crippen LogP contribution in [0.25, 0.3) is 76.6 Å². The molecule has 0 amide bonds. The van der Waals surface area contributed by atoms with E-state index in [1.807, 2.05) is 134 Å². The molecule has 9 aromatic heterocycles. The molecule has 684 valence electrons. The lowest BCUT2D eigenvalue weighted by Crippen LogP contribution is -2.46. The van der Waals surface area contributed by atoms with E-state index in [1.54, 1.807) is 0 Å². The van der Waals surface area contributed by atoms with Gasteiger partial charge in [-0.3, -0.25) is 9.88 Å². The van der Waals surface area contributed by atoms with Gasteiger partial charge in [-0.25, -0.2) is 0 Å². The number of para-hydroxylation sites is 1. The Morgan fingerprint density at radius 1 is 0.323 bits per heavy atom. The molecular formula is C110H124N18O5. The van der Waals surface area contributed by atoms with E-state index in [-0.39, 0.29) is 0 Å². The summed E-state index contributed by atoms with van der Waals surface area (Å²) in [5.41, 5.74) is 22.7. The SMILES string of the molecule is CCOc1ccc(-n2c(C)c3c(C)nnc(N4CCCC(c5ccccc5)CC4)c3c2C)cc1.CCOc1ccc(-n2c(C)c3c(C)nnc(N4CCN(Cc5ccccc5)CC4)c3c2C)cc1.CCOc1ccc(-n2c(C)c3c(C)nnc(NCc4cccc5ccncc45)c3c2C)cc1.CCOc1ccc(-n2c(C)c3c(C)nnc(NCc4ccccc4OCC)c3c2C)cc1. The lowest BCUT2D eigenvalue weighted by molar-refractivity contribution is 0.249. The number of aromatic nitrogens is 13. The molecule has 11 heterocycles. The Kier molecular flexibility index (Phi) is 29.0. The van der Waals surface area contributed by atoms with Crippen LogP contribution in [0.4, 0.5) is 23.3 Å². The van der Waals surface area contributed by atoms with E-state index in [1.165, 1.54) is 72.8 Å². The number of pyridine rings is 1. The number of piperazine rings is 1. The van der Waals surface area contributed by atoms with Crippen molar-refractivity contribution in [2.24, 2.45) is 0 Å². The number of aryl methyl sites for hydroxylation is 12. The van der Waals surface area contributed by atoms with Gasteiger partial charge in [-0.15, -0.1) is 20.4 Å². The Morgan fingerprint density at radius 3 is 1.14 bits per heavy atom. The fourth-order valence-electron chi connectivity index (χ4n) is 19.8. The summed E-state index contributed by atoms with van der Waals surface area (Å²) in [4.78, 5) is 11.7. The van der Waals surface area contributed by atoms with Crippen molar-refractivity contribution < 1.29 is 23.7 Å². The van der Waals surface area contributed by atoms with Crippen LogP contribution < -0.4 is 44.1 Å². The van der Waals surface area contributed by atoms with Crippen LogP contribution in [0.15, 0.2) is 219 Å². The van der Waals surface area contributed by atoms with Gasteiger partial charge in [0.1, 0.15) is 28.7 Å². The van der Waals surface area contributed by atoms with E-state index in [4.69, 9.17) is 33.9 Å². The van der Waals surface area contributed by atoms with Crippen molar-refractivity contribution in [1.29, 1.82) is 0 Å². The number of nitrogens with one attached hydrogen (secondary N) is 2. The smallest absolute Gasteiger partial charge is 0.161 e. The topological polar surface area (TPSA) is 216 Å². The summed E-state index contributed by atoms with van der Waals surface area (Å²) in [7, 11) is 0. The van der Waals surface area contributed by atoms with Crippen molar-refractivity contribution in [3.63, 3.8) is 0 Å². The second-order valence-corrected chi connectivity index (χ2v) is 34.3. The first-order chi connectivity index (χ1) is 64.8. The molecule has 0 spiro atoms. The van der Waals surface area contributed by atoms with Crippen molar-refractivity contribution in [1.82, 2.24) is 68.9 Å². The molecule has 0 bridgehead atoms. The minimum absolute atomic E-state index is 0.607. The number of hydrogen-bond donors (Lipinski definition) is 2. The highest BCUT2D eigenvalue weighted by Gasteiger charge is 2.30. The van der Waals surface area contributed by atoms with Gasteiger partial charge in [-0.2, -0.15) is 20.4 Å². The van der Waals surface area contributed by atoms with Gasteiger partial charge in [0.15, 0.2) is 23.3 Å². The highest BCUT2D eigenvalue weighted by molar-refractivity contribution is 6.02. The molecule has 8 aromatic carbocycles. The third-order valence-corrected chi connectivity index (χ3v) is 25.9. The van der Waals surface area contributed by atoms with Crippen LogP contribution in [0, 0.1) is 83.1 Å². The van der Waals surface area contributed by atoms with Crippen LogP contribution in [-0.4, -0.2) is 141 Å². The molecule has 2 aliphatic rings. The summed E-state index contributed by atoms with van der Waals surface area (Å²) >= 11 is 0. The van der Waals surface area contributed by atoms with Crippen molar-refractivity contribution >= 4 is 77.1 Å². The van der Waals surface area contributed by atoms with E-state index in [0.717, 1.165) is 211 Å². The molecule has 0 saturated carbocycles. The van der Waals surface area contributed by atoms with E-state index in [2.05, 4.69) is 282 Å². The number of fused-ring (bicyclic) bond motifs is 5. The number of benzene rings is 8. The molecule has 23 heteroatoms. The maximum atomic E-state index is 5.77. The molecule has 2 fully saturated rings. The van der Waals surface area contributed by atoms with Gasteiger partial charge in [-0.1, -0.05) is 97.1 Å². The van der Waals surface area contributed by atoms with Crippen LogP contribution in [0.1, 0.15) is 150 Å². The Bertz CT molecular complexity index is 6880. The molecule has 1 unspecified atom stereocenters. The minimum Gasteiger partial charge on any atom is -0.494 e. The monoisotopic (exact) mass is 1780 g/mol. The van der Waals surface area contributed by atoms with Gasteiger partial charge in [0.25, 0.3) is 0 Å². The molecule has 1 atom stereocenters. The average molecular weight is 1780 g/mol. The molecule has 133 heavy (non-hydrogen) atoms. The molecular weight excluding hydrogens is 1650 g/mol. The number of rotatable bonds is 25. The third kappa shape index (κ3) is 19.6. The largest absolute Gasteiger partial charge is 0.494 e. The van der Waals surface area contributed by atoms with Crippen molar-refractivity contribution in [3.8, 4) is 51.5 Å². The normalized spacial score (nSPS) is 13.4. The third-order valence-electron chi connectivity index (χ3n) is 25.9.